The van der Waals surface area contributed by atoms with Gasteiger partial charge in [0.25, 0.3) is 0 Å². The summed E-state index contributed by atoms with van der Waals surface area (Å²) < 4.78 is 5.42. The van der Waals surface area contributed by atoms with E-state index in [0.29, 0.717) is 6.04 Å². The molecule has 1 saturated heterocycles. The minimum Gasteiger partial charge on any atom is -0.496 e. The summed E-state index contributed by atoms with van der Waals surface area (Å²) in [7, 11) is 1.75. The van der Waals surface area contributed by atoms with Gasteiger partial charge in [-0.2, -0.15) is 0 Å². The van der Waals surface area contributed by atoms with E-state index in [-0.39, 0.29) is 0 Å². The van der Waals surface area contributed by atoms with Gasteiger partial charge in [-0.05, 0) is 31.5 Å². The maximum atomic E-state index is 5.42. The Morgan fingerprint density at radius 1 is 1.37 bits per heavy atom. The molecular formula is C16H26N2O. The summed E-state index contributed by atoms with van der Waals surface area (Å²) in [5.41, 5.74) is 1.29. The number of methoxy groups -OCH3 is 1. The lowest BCUT2D eigenvalue weighted by Gasteiger charge is -2.18. The molecule has 0 spiro atoms. The molecule has 1 aromatic rings. The van der Waals surface area contributed by atoms with Crippen molar-refractivity contribution in [3.8, 4) is 5.75 Å². The van der Waals surface area contributed by atoms with E-state index in [1.54, 1.807) is 7.11 Å². The first-order valence-corrected chi connectivity index (χ1v) is 7.26. The fourth-order valence-corrected chi connectivity index (χ4v) is 2.70. The highest BCUT2D eigenvalue weighted by atomic mass is 16.5. The van der Waals surface area contributed by atoms with Crippen molar-refractivity contribution < 1.29 is 4.74 Å². The second kappa shape index (κ2) is 6.92. The summed E-state index contributed by atoms with van der Waals surface area (Å²) in [4.78, 5) is 2.53. The Bertz CT molecular complexity index is 392. The van der Waals surface area contributed by atoms with Crippen LogP contribution in [0.3, 0.4) is 0 Å². The van der Waals surface area contributed by atoms with Gasteiger partial charge in [0.15, 0.2) is 0 Å². The van der Waals surface area contributed by atoms with E-state index in [4.69, 9.17) is 4.74 Å². The van der Waals surface area contributed by atoms with E-state index in [9.17, 15) is 0 Å². The molecule has 2 rings (SSSR count). The zero-order chi connectivity index (χ0) is 13.7. The van der Waals surface area contributed by atoms with Crippen molar-refractivity contribution >= 4 is 0 Å². The zero-order valence-corrected chi connectivity index (χ0v) is 12.4. The third-order valence-corrected chi connectivity index (χ3v) is 3.77. The highest BCUT2D eigenvalue weighted by Gasteiger charge is 2.22. The van der Waals surface area contributed by atoms with Gasteiger partial charge in [0.05, 0.1) is 7.11 Å². The van der Waals surface area contributed by atoms with Gasteiger partial charge in [-0.3, -0.25) is 4.90 Å². The van der Waals surface area contributed by atoms with Gasteiger partial charge in [-0.25, -0.2) is 0 Å². The number of nitrogens with zero attached hydrogens (tertiary/aromatic N) is 1. The topological polar surface area (TPSA) is 24.5 Å². The van der Waals surface area contributed by atoms with Gasteiger partial charge in [-0.15, -0.1) is 0 Å². The number of likely N-dealkylation sites (tertiary alicyclic amines) is 1. The van der Waals surface area contributed by atoms with Crippen molar-refractivity contribution in [3.63, 3.8) is 0 Å². The van der Waals surface area contributed by atoms with E-state index in [2.05, 4.69) is 36.2 Å². The third kappa shape index (κ3) is 4.22. The Kier molecular flexibility index (Phi) is 5.23. The molecule has 0 amide bonds. The third-order valence-electron chi connectivity index (χ3n) is 3.77. The molecular weight excluding hydrogens is 236 g/mol. The summed E-state index contributed by atoms with van der Waals surface area (Å²) in [5.74, 6) is 1.79. The monoisotopic (exact) mass is 262 g/mol. The van der Waals surface area contributed by atoms with Crippen LogP contribution in [0.15, 0.2) is 24.3 Å². The van der Waals surface area contributed by atoms with Gasteiger partial charge >= 0.3 is 0 Å². The molecule has 0 radical (unpaired) electrons. The molecule has 1 aliphatic heterocycles. The molecule has 1 atom stereocenters. The summed E-state index contributed by atoms with van der Waals surface area (Å²) in [6, 6.07) is 8.91. The number of rotatable bonds is 6. The number of para-hydroxylation sites is 1. The largest absolute Gasteiger partial charge is 0.496 e. The quantitative estimate of drug-likeness (QED) is 0.852. The van der Waals surface area contributed by atoms with Crippen LogP contribution in [0.5, 0.6) is 5.75 Å². The molecule has 1 aliphatic rings. The lowest BCUT2D eigenvalue weighted by Crippen LogP contribution is -2.30. The Morgan fingerprint density at radius 3 is 2.89 bits per heavy atom. The first-order chi connectivity index (χ1) is 9.19. The van der Waals surface area contributed by atoms with Crippen molar-refractivity contribution in [1.82, 2.24) is 10.2 Å². The van der Waals surface area contributed by atoms with Gasteiger partial charge in [0, 0.05) is 24.7 Å². The predicted octanol–water partition coefficient (Wildman–Crippen LogP) is 2.52. The molecule has 3 nitrogen and oxygen atoms in total. The van der Waals surface area contributed by atoms with Crippen LogP contribution >= 0.6 is 0 Å². The minimum absolute atomic E-state index is 0.586. The lowest BCUT2D eigenvalue weighted by molar-refractivity contribution is 0.305. The molecule has 0 bridgehead atoms. The second-order valence-corrected chi connectivity index (χ2v) is 5.76. The standard InChI is InChI=1S/C16H26N2O/c1-13(2)17-10-14-8-9-18(11-14)12-15-6-4-5-7-16(15)19-3/h4-7,13-14,17H,8-12H2,1-3H3. The van der Waals surface area contributed by atoms with Crippen LogP contribution in [0.1, 0.15) is 25.8 Å². The average molecular weight is 262 g/mol. The molecule has 1 fully saturated rings. The van der Waals surface area contributed by atoms with Gasteiger partial charge < -0.3 is 10.1 Å². The first kappa shape index (κ1) is 14.4. The number of benzene rings is 1. The van der Waals surface area contributed by atoms with E-state index >= 15 is 0 Å². The molecule has 0 aromatic heterocycles. The fraction of sp³-hybridized carbons (Fsp3) is 0.625. The van der Waals surface area contributed by atoms with Crippen LogP contribution in [-0.2, 0) is 6.54 Å². The van der Waals surface area contributed by atoms with Crippen LogP contribution in [0.2, 0.25) is 0 Å². The Morgan fingerprint density at radius 2 is 2.16 bits per heavy atom. The van der Waals surface area contributed by atoms with Crippen molar-refractivity contribution in [1.29, 1.82) is 0 Å². The highest BCUT2D eigenvalue weighted by Crippen LogP contribution is 2.23. The van der Waals surface area contributed by atoms with Crippen LogP contribution in [0.25, 0.3) is 0 Å². The molecule has 0 saturated carbocycles. The number of ether oxygens (including phenoxy) is 1. The normalized spacial score (nSPS) is 20.1. The maximum absolute atomic E-state index is 5.42. The van der Waals surface area contributed by atoms with E-state index in [1.165, 1.54) is 25.1 Å². The number of hydrogen-bond donors (Lipinski definition) is 1. The first-order valence-electron chi connectivity index (χ1n) is 7.26. The van der Waals surface area contributed by atoms with E-state index in [0.717, 1.165) is 24.8 Å². The molecule has 1 unspecified atom stereocenters. The van der Waals surface area contributed by atoms with Crippen LogP contribution in [0.4, 0.5) is 0 Å². The van der Waals surface area contributed by atoms with Gasteiger partial charge in [-0.1, -0.05) is 32.0 Å². The molecule has 3 heteroatoms. The second-order valence-electron chi connectivity index (χ2n) is 5.76. The SMILES string of the molecule is COc1ccccc1CN1CCC(CNC(C)C)C1. The summed E-state index contributed by atoms with van der Waals surface area (Å²) in [6.45, 7) is 8.95. The Labute approximate surface area is 116 Å². The molecule has 1 aromatic carbocycles. The van der Waals surface area contributed by atoms with Crippen molar-refractivity contribution in [2.45, 2.75) is 32.9 Å². The van der Waals surface area contributed by atoms with Crippen molar-refractivity contribution in [2.24, 2.45) is 5.92 Å². The van der Waals surface area contributed by atoms with E-state index < -0.39 is 0 Å². The minimum atomic E-state index is 0.586. The number of hydrogen-bond acceptors (Lipinski definition) is 3. The zero-order valence-electron chi connectivity index (χ0n) is 12.4. The lowest BCUT2D eigenvalue weighted by atomic mass is 10.1. The number of nitrogens with one attached hydrogen (secondary N) is 1. The molecule has 1 heterocycles. The summed E-state index contributed by atoms with van der Waals surface area (Å²) >= 11 is 0. The predicted molar refractivity (Wildman–Crippen MR) is 79.5 cm³/mol. The maximum Gasteiger partial charge on any atom is 0.123 e. The molecule has 106 valence electrons. The summed E-state index contributed by atoms with van der Waals surface area (Å²) in [5, 5.41) is 3.54. The van der Waals surface area contributed by atoms with E-state index in [1.807, 2.05) is 12.1 Å². The smallest absolute Gasteiger partial charge is 0.123 e. The Balaban J connectivity index is 1.84. The molecule has 0 aliphatic carbocycles. The van der Waals surface area contributed by atoms with Crippen LogP contribution in [0, 0.1) is 5.92 Å². The van der Waals surface area contributed by atoms with Gasteiger partial charge in [0.2, 0.25) is 0 Å². The molecule has 1 N–H and O–H groups in total. The van der Waals surface area contributed by atoms with Crippen LogP contribution < -0.4 is 10.1 Å². The Hall–Kier alpha value is -1.06. The summed E-state index contributed by atoms with van der Waals surface area (Å²) in [6.07, 6.45) is 1.30. The average Bonchev–Trinajstić information content (AvgIpc) is 2.85. The fourth-order valence-electron chi connectivity index (χ4n) is 2.70. The van der Waals surface area contributed by atoms with Gasteiger partial charge in [0.1, 0.15) is 5.75 Å². The molecule has 19 heavy (non-hydrogen) atoms. The van der Waals surface area contributed by atoms with Crippen molar-refractivity contribution in [2.75, 3.05) is 26.7 Å². The van der Waals surface area contributed by atoms with Crippen LogP contribution in [-0.4, -0.2) is 37.7 Å². The van der Waals surface area contributed by atoms with Crippen molar-refractivity contribution in [3.05, 3.63) is 29.8 Å². The highest BCUT2D eigenvalue weighted by molar-refractivity contribution is 5.33.